The molecule has 0 aromatic carbocycles. The summed E-state index contributed by atoms with van der Waals surface area (Å²) in [5, 5.41) is 3.72. The maximum atomic E-state index is 3.72. The first-order valence-electron chi connectivity index (χ1n) is 7.58. The molecule has 0 aromatic rings. The Balaban J connectivity index is 2.55. The normalized spacial score (nSPS) is 22.2. The molecule has 1 rings (SSSR count). The van der Waals surface area contributed by atoms with Gasteiger partial charge < -0.3 is 5.32 Å². The Morgan fingerprint density at radius 1 is 1.00 bits per heavy atom. The van der Waals surface area contributed by atoms with Crippen molar-refractivity contribution in [2.45, 2.75) is 78.8 Å². The Labute approximate surface area is 115 Å². The Hall–Kier alpha value is -0.0800. The maximum Gasteiger partial charge on any atom is 0.0125 e. The van der Waals surface area contributed by atoms with Crippen LogP contribution >= 0.6 is 0 Å². The van der Waals surface area contributed by atoms with E-state index in [0.29, 0.717) is 11.0 Å². The lowest BCUT2D eigenvalue weighted by molar-refractivity contribution is 0.0370. The van der Waals surface area contributed by atoms with Crippen LogP contribution in [0.5, 0.6) is 0 Å². The van der Waals surface area contributed by atoms with Crippen LogP contribution in [0.25, 0.3) is 0 Å². The number of nitrogens with zero attached hydrogens (tertiary/aromatic N) is 1. The molecule has 1 aliphatic heterocycles. The van der Waals surface area contributed by atoms with Gasteiger partial charge in [-0.15, -0.1) is 0 Å². The molecular weight excluding hydrogens is 220 g/mol. The van der Waals surface area contributed by atoms with Crippen molar-refractivity contribution in [2.24, 2.45) is 5.41 Å². The van der Waals surface area contributed by atoms with Crippen LogP contribution < -0.4 is 5.32 Å². The summed E-state index contributed by atoms with van der Waals surface area (Å²) >= 11 is 0. The molecule has 1 N–H and O–H groups in total. The minimum atomic E-state index is 0.239. The zero-order valence-corrected chi connectivity index (χ0v) is 13.7. The van der Waals surface area contributed by atoms with Crippen molar-refractivity contribution in [3.63, 3.8) is 0 Å². The highest BCUT2D eigenvalue weighted by molar-refractivity contribution is 4.91. The van der Waals surface area contributed by atoms with Crippen molar-refractivity contribution in [3.8, 4) is 0 Å². The Bertz CT molecular complexity index is 249. The van der Waals surface area contributed by atoms with Crippen LogP contribution in [0.4, 0.5) is 0 Å². The average molecular weight is 254 g/mol. The molecule has 1 heterocycles. The summed E-state index contributed by atoms with van der Waals surface area (Å²) in [5.41, 5.74) is 1.09. The van der Waals surface area contributed by atoms with E-state index in [9.17, 15) is 0 Å². The van der Waals surface area contributed by atoms with Crippen molar-refractivity contribution in [1.82, 2.24) is 10.2 Å². The lowest BCUT2D eigenvalue weighted by Gasteiger charge is -2.47. The molecule has 0 aromatic heterocycles. The molecule has 1 fully saturated rings. The summed E-state index contributed by atoms with van der Waals surface area (Å²) in [4.78, 5) is 2.64. The Morgan fingerprint density at radius 2 is 1.50 bits per heavy atom. The summed E-state index contributed by atoms with van der Waals surface area (Å²) in [6, 6.07) is 0. The summed E-state index contributed by atoms with van der Waals surface area (Å²) in [5.74, 6) is 0. The van der Waals surface area contributed by atoms with E-state index in [2.05, 4.69) is 58.7 Å². The molecule has 0 spiro atoms. The van der Waals surface area contributed by atoms with Crippen molar-refractivity contribution in [3.05, 3.63) is 0 Å². The monoisotopic (exact) mass is 254 g/mol. The van der Waals surface area contributed by atoms with Crippen LogP contribution in [0.1, 0.15) is 67.7 Å². The van der Waals surface area contributed by atoms with Gasteiger partial charge in [-0.2, -0.15) is 0 Å². The summed E-state index contributed by atoms with van der Waals surface area (Å²) < 4.78 is 0. The molecule has 108 valence electrons. The van der Waals surface area contributed by atoms with E-state index >= 15 is 0 Å². The number of rotatable bonds is 3. The van der Waals surface area contributed by atoms with Gasteiger partial charge in [-0.3, -0.25) is 4.90 Å². The van der Waals surface area contributed by atoms with Crippen LogP contribution in [-0.2, 0) is 0 Å². The molecule has 0 amide bonds. The molecule has 1 saturated heterocycles. The molecule has 2 nitrogen and oxygen atoms in total. The topological polar surface area (TPSA) is 15.3 Å². The molecule has 1 aliphatic rings. The smallest absolute Gasteiger partial charge is 0.0125 e. The van der Waals surface area contributed by atoms with E-state index in [0.717, 1.165) is 0 Å². The fourth-order valence-electron chi connectivity index (χ4n) is 2.76. The fourth-order valence-corrected chi connectivity index (χ4v) is 2.76. The lowest BCUT2D eigenvalue weighted by Crippen LogP contribution is -2.52. The third-order valence-corrected chi connectivity index (χ3v) is 4.52. The van der Waals surface area contributed by atoms with E-state index < -0.39 is 0 Å². The summed E-state index contributed by atoms with van der Waals surface area (Å²) in [6.45, 7) is 19.8. The highest BCUT2D eigenvalue weighted by atomic mass is 15.2. The van der Waals surface area contributed by atoms with Gasteiger partial charge in [0.25, 0.3) is 0 Å². The second-order valence-corrected chi connectivity index (χ2v) is 8.11. The van der Waals surface area contributed by atoms with Gasteiger partial charge >= 0.3 is 0 Å². The Morgan fingerprint density at radius 3 is 1.83 bits per heavy atom. The van der Waals surface area contributed by atoms with Crippen LogP contribution in [0.3, 0.4) is 0 Å². The summed E-state index contributed by atoms with van der Waals surface area (Å²) in [6.07, 6.45) is 3.97. The molecule has 2 heteroatoms. The van der Waals surface area contributed by atoms with Crippen LogP contribution in [0.15, 0.2) is 0 Å². The number of nitrogens with one attached hydrogen (secondary N) is 1. The van der Waals surface area contributed by atoms with Gasteiger partial charge in [0.15, 0.2) is 0 Å². The molecule has 0 aliphatic carbocycles. The number of piperidine rings is 1. The molecule has 18 heavy (non-hydrogen) atoms. The van der Waals surface area contributed by atoms with Crippen molar-refractivity contribution in [2.75, 3.05) is 19.6 Å². The van der Waals surface area contributed by atoms with Crippen molar-refractivity contribution < 1.29 is 0 Å². The molecule has 0 radical (unpaired) electrons. The predicted molar refractivity (Wildman–Crippen MR) is 81.0 cm³/mol. The molecule has 0 saturated carbocycles. The van der Waals surface area contributed by atoms with E-state index in [1.54, 1.807) is 0 Å². The minimum absolute atomic E-state index is 0.239. The van der Waals surface area contributed by atoms with Crippen LogP contribution in [-0.4, -0.2) is 35.6 Å². The highest BCUT2D eigenvalue weighted by Gasteiger charge is 2.36. The third-order valence-electron chi connectivity index (χ3n) is 4.52. The van der Waals surface area contributed by atoms with E-state index in [4.69, 9.17) is 0 Å². The molecule has 0 atom stereocenters. The fraction of sp³-hybridized carbons (Fsp3) is 1.00. The zero-order chi connectivity index (χ0) is 14.0. The largest absolute Gasteiger partial charge is 0.312 e. The minimum Gasteiger partial charge on any atom is -0.312 e. The van der Waals surface area contributed by atoms with E-state index in [1.807, 2.05) is 0 Å². The lowest BCUT2D eigenvalue weighted by atomic mass is 9.75. The molecule has 0 bridgehead atoms. The van der Waals surface area contributed by atoms with Gasteiger partial charge in [0, 0.05) is 17.6 Å². The second kappa shape index (κ2) is 5.50. The first-order chi connectivity index (χ1) is 8.08. The first-order valence-corrected chi connectivity index (χ1v) is 7.58. The van der Waals surface area contributed by atoms with Crippen LogP contribution in [0.2, 0.25) is 0 Å². The number of likely N-dealkylation sites (tertiary alicyclic amines) is 1. The predicted octanol–water partition coefficient (Wildman–Crippen LogP) is 3.67. The van der Waals surface area contributed by atoms with Gasteiger partial charge in [-0.05, 0) is 79.3 Å². The zero-order valence-electron chi connectivity index (χ0n) is 13.7. The van der Waals surface area contributed by atoms with Crippen LogP contribution in [0, 0.1) is 5.41 Å². The molecule has 0 unspecified atom stereocenters. The third kappa shape index (κ3) is 4.55. The SMILES string of the molecule is CCC1(CNC(C)(C)C)CCN(C(C)(C)C)CC1. The van der Waals surface area contributed by atoms with Gasteiger partial charge in [0.2, 0.25) is 0 Å². The maximum absolute atomic E-state index is 3.72. The number of hydrogen-bond donors (Lipinski definition) is 1. The average Bonchev–Trinajstić information content (AvgIpc) is 2.25. The summed E-state index contributed by atoms with van der Waals surface area (Å²) in [7, 11) is 0. The Kier molecular flexibility index (Phi) is 4.88. The quantitative estimate of drug-likeness (QED) is 0.827. The van der Waals surface area contributed by atoms with Gasteiger partial charge in [0.1, 0.15) is 0 Å². The van der Waals surface area contributed by atoms with Gasteiger partial charge in [-0.25, -0.2) is 0 Å². The van der Waals surface area contributed by atoms with Crippen molar-refractivity contribution in [1.29, 1.82) is 0 Å². The number of hydrogen-bond acceptors (Lipinski definition) is 2. The van der Waals surface area contributed by atoms with Gasteiger partial charge in [0.05, 0.1) is 0 Å². The standard InChI is InChI=1S/C16H34N2/c1-8-16(13-17-14(2,3)4)9-11-18(12-10-16)15(5,6)7/h17H,8-13H2,1-7H3. The van der Waals surface area contributed by atoms with Crippen molar-refractivity contribution >= 4 is 0 Å². The highest BCUT2D eigenvalue weighted by Crippen LogP contribution is 2.36. The van der Waals surface area contributed by atoms with E-state index in [1.165, 1.54) is 38.9 Å². The van der Waals surface area contributed by atoms with Gasteiger partial charge in [-0.1, -0.05) is 6.92 Å². The van der Waals surface area contributed by atoms with E-state index in [-0.39, 0.29) is 5.54 Å². The first kappa shape index (κ1) is 16.0. The molecular formula is C16H34N2. The second-order valence-electron chi connectivity index (χ2n) is 8.11.